The van der Waals surface area contributed by atoms with Crippen molar-refractivity contribution in [2.24, 2.45) is 5.92 Å². The molecule has 1 N–H and O–H groups in total. The molecule has 150 valence electrons. The first kappa shape index (κ1) is 19.7. The number of fused-ring (bicyclic) bond motifs is 4. The monoisotopic (exact) mass is 532 g/mol. The van der Waals surface area contributed by atoms with Crippen molar-refractivity contribution in [3.63, 3.8) is 0 Å². The van der Waals surface area contributed by atoms with Crippen LogP contribution in [0.4, 0.5) is 0 Å². The molecule has 0 aliphatic heterocycles. The highest BCUT2D eigenvalue weighted by Gasteiger charge is 2.41. The van der Waals surface area contributed by atoms with Gasteiger partial charge in [0.05, 0.1) is 21.7 Å². The Morgan fingerprint density at radius 2 is 1.86 bits per heavy atom. The standard InChI is InChI=1S/C23H22Br2N2OS/c1-13-20(22(28)27-23-7-4-14(5-8-23)6-9-23)17-10-15(24)2-3-18(17)26-21(13)19-11-16(25)12-29-19/h2-3,10-12,14H,4-9H2,1H3,(H,27,28). The van der Waals surface area contributed by atoms with Crippen molar-refractivity contribution < 1.29 is 4.79 Å². The molecule has 2 aromatic heterocycles. The molecule has 3 aromatic rings. The molecule has 6 heteroatoms. The van der Waals surface area contributed by atoms with Crippen molar-refractivity contribution in [2.45, 2.75) is 51.0 Å². The first-order valence-corrected chi connectivity index (χ1v) is 12.6. The summed E-state index contributed by atoms with van der Waals surface area (Å²) in [6, 6.07) is 8.08. The fraction of sp³-hybridized carbons (Fsp3) is 0.391. The van der Waals surface area contributed by atoms with E-state index in [1.807, 2.05) is 25.1 Å². The predicted molar refractivity (Wildman–Crippen MR) is 127 cm³/mol. The number of nitrogens with one attached hydrogen (secondary N) is 1. The van der Waals surface area contributed by atoms with E-state index in [4.69, 9.17) is 4.98 Å². The van der Waals surface area contributed by atoms with E-state index in [0.29, 0.717) is 0 Å². The summed E-state index contributed by atoms with van der Waals surface area (Å²) in [5.74, 6) is 0.919. The zero-order chi connectivity index (χ0) is 20.2. The molecule has 2 bridgehead atoms. The number of aromatic nitrogens is 1. The summed E-state index contributed by atoms with van der Waals surface area (Å²) in [5, 5.41) is 6.45. The molecule has 0 atom stereocenters. The molecule has 3 saturated carbocycles. The van der Waals surface area contributed by atoms with E-state index in [9.17, 15) is 4.79 Å². The van der Waals surface area contributed by atoms with Gasteiger partial charge in [-0.05, 0) is 97.1 Å². The number of nitrogens with zero attached hydrogens (tertiary/aromatic N) is 1. The summed E-state index contributed by atoms with van der Waals surface area (Å²) in [6.07, 6.45) is 7.07. The second-order valence-corrected chi connectivity index (χ2v) is 11.2. The molecule has 3 aliphatic rings. The zero-order valence-electron chi connectivity index (χ0n) is 16.2. The van der Waals surface area contributed by atoms with Crippen LogP contribution in [-0.2, 0) is 0 Å². The molecule has 6 rings (SSSR count). The van der Waals surface area contributed by atoms with Crippen LogP contribution in [-0.4, -0.2) is 16.4 Å². The molecule has 1 amide bonds. The van der Waals surface area contributed by atoms with Crippen LogP contribution in [0.25, 0.3) is 21.5 Å². The van der Waals surface area contributed by atoms with Gasteiger partial charge in [0.15, 0.2) is 0 Å². The first-order valence-electron chi connectivity index (χ1n) is 10.1. The van der Waals surface area contributed by atoms with E-state index in [2.05, 4.69) is 48.6 Å². The second kappa shape index (κ2) is 7.47. The third-order valence-electron chi connectivity index (χ3n) is 6.69. The molecule has 0 unspecified atom stereocenters. The van der Waals surface area contributed by atoms with Gasteiger partial charge in [0, 0.05) is 25.3 Å². The van der Waals surface area contributed by atoms with Gasteiger partial charge in [0.2, 0.25) is 0 Å². The summed E-state index contributed by atoms with van der Waals surface area (Å²) in [4.78, 5) is 19.7. The molecule has 2 heterocycles. The lowest BCUT2D eigenvalue weighted by Crippen LogP contribution is -2.53. The van der Waals surface area contributed by atoms with Crippen LogP contribution >= 0.6 is 43.2 Å². The van der Waals surface area contributed by atoms with Crippen LogP contribution in [0.1, 0.15) is 54.4 Å². The van der Waals surface area contributed by atoms with Crippen molar-refractivity contribution >= 4 is 60.0 Å². The number of benzene rings is 1. The quantitative estimate of drug-likeness (QED) is 0.385. The van der Waals surface area contributed by atoms with Gasteiger partial charge in [-0.2, -0.15) is 0 Å². The summed E-state index contributed by atoms with van der Waals surface area (Å²) >= 11 is 8.76. The normalized spacial score (nSPS) is 23.5. The molecule has 3 aliphatic carbocycles. The maximum absolute atomic E-state index is 13.7. The van der Waals surface area contributed by atoms with Gasteiger partial charge in [-0.3, -0.25) is 4.79 Å². The Morgan fingerprint density at radius 1 is 1.14 bits per heavy atom. The van der Waals surface area contributed by atoms with Gasteiger partial charge in [0.25, 0.3) is 5.91 Å². The van der Waals surface area contributed by atoms with Gasteiger partial charge in [-0.1, -0.05) is 15.9 Å². The zero-order valence-corrected chi connectivity index (χ0v) is 20.2. The molecule has 3 nitrogen and oxygen atoms in total. The van der Waals surface area contributed by atoms with E-state index in [-0.39, 0.29) is 11.4 Å². The fourth-order valence-electron chi connectivity index (χ4n) is 5.04. The average Bonchev–Trinajstić information content (AvgIpc) is 3.14. The number of rotatable bonds is 3. The summed E-state index contributed by atoms with van der Waals surface area (Å²) in [5.41, 5.74) is 3.44. The Balaban J connectivity index is 1.63. The molecular formula is C23H22Br2N2OS. The number of carbonyl (C=O) groups is 1. The van der Waals surface area contributed by atoms with E-state index in [1.165, 1.54) is 19.3 Å². The number of hydrogen-bond acceptors (Lipinski definition) is 3. The Hall–Kier alpha value is -1.24. The number of amides is 1. The third-order valence-corrected chi connectivity index (χ3v) is 8.88. The lowest BCUT2D eigenvalue weighted by molar-refractivity contribution is 0.0715. The van der Waals surface area contributed by atoms with Crippen LogP contribution in [0.15, 0.2) is 38.6 Å². The number of thiophene rings is 1. The average molecular weight is 534 g/mol. The number of pyridine rings is 1. The Labute approximate surface area is 191 Å². The van der Waals surface area contributed by atoms with Crippen LogP contribution in [0, 0.1) is 12.8 Å². The van der Waals surface area contributed by atoms with Crippen molar-refractivity contribution in [1.82, 2.24) is 10.3 Å². The minimum atomic E-state index is -0.0218. The van der Waals surface area contributed by atoms with Gasteiger partial charge in [0.1, 0.15) is 0 Å². The van der Waals surface area contributed by atoms with Crippen LogP contribution in [0.5, 0.6) is 0 Å². The minimum Gasteiger partial charge on any atom is -0.347 e. The Morgan fingerprint density at radius 3 is 2.52 bits per heavy atom. The van der Waals surface area contributed by atoms with E-state index < -0.39 is 0 Å². The van der Waals surface area contributed by atoms with Gasteiger partial charge in [-0.25, -0.2) is 4.98 Å². The van der Waals surface area contributed by atoms with Crippen molar-refractivity contribution in [2.75, 3.05) is 0 Å². The molecule has 3 fully saturated rings. The van der Waals surface area contributed by atoms with Crippen molar-refractivity contribution in [3.05, 3.63) is 49.7 Å². The summed E-state index contributed by atoms with van der Waals surface area (Å²) in [6.45, 7) is 2.03. The highest BCUT2D eigenvalue weighted by Crippen LogP contribution is 2.44. The predicted octanol–water partition coefficient (Wildman–Crippen LogP) is 7.25. The van der Waals surface area contributed by atoms with Crippen molar-refractivity contribution in [1.29, 1.82) is 0 Å². The largest absolute Gasteiger partial charge is 0.347 e. The first-order chi connectivity index (χ1) is 13.9. The molecule has 0 saturated heterocycles. The third kappa shape index (κ3) is 3.57. The van der Waals surface area contributed by atoms with Crippen LogP contribution < -0.4 is 5.32 Å². The van der Waals surface area contributed by atoms with E-state index in [0.717, 1.165) is 66.7 Å². The highest BCUT2D eigenvalue weighted by molar-refractivity contribution is 9.10. The molecular weight excluding hydrogens is 512 g/mol. The Bertz CT molecular complexity index is 1100. The molecule has 0 radical (unpaired) electrons. The van der Waals surface area contributed by atoms with Gasteiger partial charge in [-0.15, -0.1) is 11.3 Å². The Kier molecular flexibility index (Phi) is 5.08. The fourth-order valence-corrected chi connectivity index (χ4v) is 6.88. The van der Waals surface area contributed by atoms with Crippen LogP contribution in [0.3, 0.4) is 0 Å². The number of carbonyl (C=O) groups excluding carboxylic acids is 1. The van der Waals surface area contributed by atoms with Crippen molar-refractivity contribution in [3.8, 4) is 10.6 Å². The second-order valence-electron chi connectivity index (χ2n) is 8.47. The summed E-state index contributed by atoms with van der Waals surface area (Å²) < 4.78 is 2.00. The number of halogens is 2. The maximum Gasteiger partial charge on any atom is 0.252 e. The van der Waals surface area contributed by atoms with E-state index >= 15 is 0 Å². The number of hydrogen-bond donors (Lipinski definition) is 1. The molecule has 1 aromatic carbocycles. The smallest absolute Gasteiger partial charge is 0.252 e. The van der Waals surface area contributed by atoms with Gasteiger partial charge < -0.3 is 5.32 Å². The molecule has 29 heavy (non-hydrogen) atoms. The highest BCUT2D eigenvalue weighted by atomic mass is 79.9. The lowest BCUT2D eigenvalue weighted by Gasteiger charge is -2.47. The maximum atomic E-state index is 13.7. The topological polar surface area (TPSA) is 42.0 Å². The van der Waals surface area contributed by atoms with E-state index in [1.54, 1.807) is 11.3 Å². The van der Waals surface area contributed by atoms with Crippen LogP contribution in [0.2, 0.25) is 0 Å². The lowest BCUT2D eigenvalue weighted by atomic mass is 9.65. The minimum absolute atomic E-state index is 0.0218. The van der Waals surface area contributed by atoms with Gasteiger partial charge >= 0.3 is 0 Å². The molecule has 0 spiro atoms. The SMILES string of the molecule is Cc1c(-c2cc(Br)cs2)nc2ccc(Br)cc2c1C(=O)NC12CCC(CC1)CC2. The summed E-state index contributed by atoms with van der Waals surface area (Å²) in [7, 11) is 0.